The molecule has 4 nitrogen and oxygen atoms in total. The minimum Gasteiger partial charge on any atom is -0.381 e. The average Bonchev–Trinajstić information content (AvgIpc) is 2.52. The Morgan fingerprint density at radius 1 is 1.29 bits per heavy atom. The summed E-state index contributed by atoms with van der Waals surface area (Å²) >= 11 is 11.1. The molecule has 0 saturated carbocycles. The number of piperidine rings is 1. The number of hydrogen-bond donors (Lipinski definition) is 1. The van der Waals surface area contributed by atoms with Crippen molar-refractivity contribution in [3.8, 4) is 0 Å². The molecule has 1 aromatic heterocycles. The van der Waals surface area contributed by atoms with Gasteiger partial charge in [0.1, 0.15) is 10.8 Å². The third kappa shape index (κ3) is 4.16. The fourth-order valence-corrected chi connectivity index (χ4v) is 4.16. The van der Waals surface area contributed by atoms with Crippen LogP contribution < -0.4 is 10.6 Å². The third-order valence-electron chi connectivity index (χ3n) is 4.29. The molecule has 7 heteroatoms. The summed E-state index contributed by atoms with van der Waals surface area (Å²) in [6.07, 6.45) is 4.11. The number of anilines is 2. The molecule has 0 unspecified atom stereocenters. The summed E-state index contributed by atoms with van der Waals surface area (Å²) < 4.78 is 0.944. The molecule has 0 aliphatic carbocycles. The molecule has 2 N–H and O–H groups in total. The molecule has 128 valence electrons. The van der Waals surface area contributed by atoms with Gasteiger partial charge in [-0.05, 0) is 36.5 Å². The van der Waals surface area contributed by atoms with Crippen LogP contribution in [-0.4, -0.2) is 23.1 Å². The van der Waals surface area contributed by atoms with Crippen LogP contribution in [0, 0.1) is 5.41 Å². The predicted octanol–water partition coefficient (Wildman–Crippen LogP) is 5.25. The lowest BCUT2D eigenvalue weighted by Crippen LogP contribution is -2.37. The van der Waals surface area contributed by atoms with Gasteiger partial charge in [0.15, 0.2) is 5.82 Å². The first-order valence-electron chi connectivity index (χ1n) is 7.84. The molecule has 1 saturated heterocycles. The minimum absolute atomic E-state index is 0.406. The SMILES string of the molecule is CC1(C)CCN(c2cnc(Sc3ccc(Br)cc3Cl)c(N)n2)CC1. The Morgan fingerprint density at radius 2 is 2.00 bits per heavy atom. The van der Waals surface area contributed by atoms with Crippen LogP contribution in [0.15, 0.2) is 38.8 Å². The topological polar surface area (TPSA) is 55.0 Å². The van der Waals surface area contributed by atoms with Gasteiger partial charge in [0.05, 0.1) is 11.2 Å². The molecule has 0 radical (unpaired) electrons. The molecule has 0 bridgehead atoms. The van der Waals surface area contributed by atoms with Crippen molar-refractivity contribution in [2.45, 2.75) is 36.6 Å². The van der Waals surface area contributed by atoms with Gasteiger partial charge in [0, 0.05) is 22.5 Å². The predicted molar refractivity (Wildman–Crippen MR) is 105 cm³/mol. The lowest BCUT2D eigenvalue weighted by atomic mass is 9.83. The smallest absolute Gasteiger partial charge is 0.158 e. The van der Waals surface area contributed by atoms with E-state index in [0.29, 0.717) is 21.3 Å². The summed E-state index contributed by atoms with van der Waals surface area (Å²) in [5, 5.41) is 1.35. The number of aromatic nitrogens is 2. The highest BCUT2D eigenvalue weighted by Crippen LogP contribution is 2.37. The fraction of sp³-hybridized carbons (Fsp3) is 0.412. The van der Waals surface area contributed by atoms with Crippen LogP contribution >= 0.6 is 39.3 Å². The second kappa shape index (κ2) is 7.10. The van der Waals surface area contributed by atoms with Crippen molar-refractivity contribution in [1.29, 1.82) is 0 Å². The average molecular weight is 428 g/mol. The van der Waals surface area contributed by atoms with Gasteiger partial charge < -0.3 is 10.6 Å². The number of benzene rings is 1. The quantitative estimate of drug-likeness (QED) is 0.724. The van der Waals surface area contributed by atoms with Crippen LogP contribution in [0.3, 0.4) is 0 Å². The van der Waals surface area contributed by atoms with Gasteiger partial charge in [-0.25, -0.2) is 9.97 Å². The monoisotopic (exact) mass is 426 g/mol. The van der Waals surface area contributed by atoms with Crippen LogP contribution in [0.4, 0.5) is 11.6 Å². The standard InChI is InChI=1S/C17H20BrClN4S/c1-17(2)5-7-23(8-6-17)14-10-21-16(15(20)22-14)24-13-4-3-11(18)9-12(13)19/h3-4,9-10H,5-8H2,1-2H3,(H2,20,22). The van der Waals surface area contributed by atoms with Crippen molar-refractivity contribution in [3.63, 3.8) is 0 Å². The van der Waals surface area contributed by atoms with Gasteiger partial charge in [-0.1, -0.05) is 53.1 Å². The summed E-state index contributed by atoms with van der Waals surface area (Å²) in [4.78, 5) is 12.2. The van der Waals surface area contributed by atoms with Crippen LogP contribution in [0.25, 0.3) is 0 Å². The second-order valence-corrected chi connectivity index (χ2v) is 9.10. The Hall–Kier alpha value is -0.980. The lowest BCUT2D eigenvalue weighted by Gasteiger charge is -2.37. The maximum atomic E-state index is 6.26. The van der Waals surface area contributed by atoms with Crippen molar-refractivity contribution >= 4 is 50.9 Å². The van der Waals surface area contributed by atoms with E-state index >= 15 is 0 Å². The molecule has 1 aliphatic heterocycles. The Labute approximate surface area is 160 Å². The molecule has 2 aromatic rings. The van der Waals surface area contributed by atoms with Gasteiger partial charge in [-0.15, -0.1) is 0 Å². The molecule has 1 aliphatic rings. The third-order valence-corrected chi connectivity index (χ3v) is 6.29. The molecule has 1 fully saturated rings. The fourth-order valence-electron chi connectivity index (χ4n) is 2.62. The zero-order chi connectivity index (χ0) is 17.3. The number of hydrogen-bond acceptors (Lipinski definition) is 5. The maximum absolute atomic E-state index is 6.26. The summed E-state index contributed by atoms with van der Waals surface area (Å²) in [5.41, 5.74) is 6.54. The van der Waals surface area contributed by atoms with Crippen molar-refractivity contribution in [1.82, 2.24) is 9.97 Å². The van der Waals surface area contributed by atoms with Crippen molar-refractivity contribution < 1.29 is 0 Å². The van der Waals surface area contributed by atoms with E-state index in [1.807, 2.05) is 24.4 Å². The molecular weight excluding hydrogens is 408 g/mol. The van der Waals surface area contributed by atoms with E-state index in [0.717, 1.165) is 41.1 Å². The van der Waals surface area contributed by atoms with Crippen molar-refractivity contribution in [3.05, 3.63) is 33.9 Å². The van der Waals surface area contributed by atoms with E-state index in [1.165, 1.54) is 11.8 Å². The first-order valence-corrected chi connectivity index (χ1v) is 9.83. The van der Waals surface area contributed by atoms with Crippen molar-refractivity contribution in [2.75, 3.05) is 23.7 Å². The van der Waals surface area contributed by atoms with E-state index in [4.69, 9.17) is 17.3 Å². The molecule has 0 amide bonds. The Kier molecular flexibility index (Phi) is 5.27. The van der Waals surface area contributed by atoms with Gasteiger partial charge in [0.2, 0.25) is 0 Å². The van der Waals surface area contributed by atoms with Gasteiger partial charge >= 0.3 is 0 Å². The highest BCUT2D eigenvalue weighted by atomic mass is 79.9. The van der Waals surface area contributed by atoms with E-state index in [9.17, 15) is 0 Å². The van der Waals surface area contributed by atoms with Crippen LogP contribution in [0.2, 0.25) is 5.02 Å². The number of nitrogens with zero attached hydrogens (tertiary/aromatic N) is 3. The molecule has 3 rings (SSSR count). The molecular formula is C17H20BrClN4S. The van der Waals surface area contributed by atoms with E-state index < -0.39 is 0 Å². The molecule has 2 heterocycles. The van der Waals surface area contributed by atoms with Gasteiger partial charge in [-0.3, -0.25) is 0 Å². The molecule has 0 atom stereocenters. The number of halogens is 2. The zero-order valence-electron chi connectivity index (χ0n) is 13.7. The van der Waals surface area contributed by atoms with Gasteiger partial charge in [0.25, 0.3) is 0 Å². The minimum atomic E-state index is 0.406. The number of nitrogen functional groups attached to an aromatic ring is 1. The Bertz CT molecular complexity index is 743. The number of rotatable bonds is 3. The van der Waals surface area contributed by atoms with Crippen LogP contribution in [0.5, 0.6) is 0 Å². The molecule has 1 aromatic carbocycles. The normalized spacial score (nSPS) is 17.1. The maximum Gasteiger partial charge on any atom is 0.158 e. The van der Waals surface area contributed by atoms with E-state index in [2.05, 4.69) is 44.6 Å². The first-order chi connectivity index (χ1) is 11.3. The molecule has 24 heavy (non-hydrogen) atoms. The zero-order valence-corrected chi connectivity index (χ0v) is 16.9. The van der Waals surface area contributed by atoms with Crippen LogP contribution in [-0.2, 0) is 0 Å². The Morgan fingerprint density at radius 3 is 2.62 bits per heavy atom. The Balaban J connectivity index is 1.75. The lowest BCUT2D eigenvalue weighted by molar-refractivity contribution is 0.279. The van der Waals surface area contributed by atoms with E-state index in [-0.39, 0.29) is 0 Å². The summed E-state index contributed by atoms with van der Waals surface area (Å²) in [5.74, 6) is 1.30. The second-order valence-electron chi connectivity index (χ2n) is 6.75. The highest BCUT2D eigenvalue weighted by molar-refractivity contribution is 9.10. The van der Waals surface area contributed by atoms with Crippen molar-refractivity contribution in [2.24, 2.45) is 5.41 Å². The summed E-state index contributed by atoms with van der Waals surface area (Å²) in [6, 6.07) is 5.75. The number of nitrogens with two attached hydrogens (primary N) is 1. The van der Waals surface area contributed by atoms with E-state index in [1.54, 1.807) is 0 Å². The van der Waals surface area contributed by atoms with Crippen LogP contribution in [0.1, 0.15) is 26.7 Å². The molecule has 0 spiro atoms. The highest BCUT2D eigenvalue weighted by Gasteiger charge is 2.26. The summed E-state index contributed by atoms with van der Waals surface area (Å²) in [7, 11) is 0. The summed E-state index contributed by atoms with van der Waals surface area (Å²) in [6.45, 7) is 6.61. The van der Waals surface area contributed by atoms with Gasteiger partial charge in [-0.2, -0.15) is 0 Å². The largest absolute Gasteiger partial charge is 0.381 e. The first kappa shape index (κ1) is 17.8.